The molecule has 0 aromatic carbocycles. The first-order valence-corrected chi connectivity index (χ1v) is 5.91. The summed E-state index contributed by atoms with van der Waals surface area (Å²) >= 11 is 0. The fourth-order valence-electron chi connectivity index (χ4n) is 1.66. The number of aliphatic hydroxyl groups is 1. The first-order chi connectivity index (χ1) is 7.03. The van der Waals surface area contributed by atoms with Gasteiger partial charge in [0.2, 0.25) is 0 Å². The Kier molecular flexibility index (Phi) is 4.59. The van der Waals surface area contributed by atoms with Crippen molar-refractivity contribution in [2.24, 2.45) is 0 Å². The van der Waals surface area contributed by atoms with Crippen LogP contribution in [0.2, 0.25) is 0 Å². The van der Waals surface area contributed by atoms with Crippen LogP contribution in [0.25, 0.3) is 0 Å². The van der Waals surface area contributed by atoms with Gasteiger partial charge < -0.3 is 14.9 Å². The number of hydrogen-bond donors (Lipinski definition) is 3. The molecule has 3 nitrogen and oxygen atoms in total. The maximum absolute atomic E-state index is 9.71. The molecular weight excluding hydrogens is 188 g/mol. The molecule has 0 aromatic heterocycles. The van der Waals surface area contributed by atoms with Gasteiger partial charge in [-0.2, -0.15) is 0 Å². The minimum atomic E-state index is -0.794. The van der Waals surface area contributed by atoms with Crippen molar-refractivity contribution in [3.05, 3.63) is 0 Å². The van der Waals surface area contributed by atoms with E-state index in [2.05, 4.69) is 18.9 Å². The van der Waals surface area contributed by atoms with E-state index in [0.29, 0.717) is 6.42 Å². The van der Waals surface area contributed by atoms with Crippen LogP contribution in [0.15, 0.2) is 0 Å². The number of piperazine rings is 1. The fraction of sp³-hybridized carbons (Fsp3) is 0.833. The molecule has 1 saturated heterocycles. The topological polar surface area (TPSA) is 29.1 Å². The van der Waals surface area contributed by atoms with Gasteiger partial charge in [0.15, 0.2) is 0 Å². The number of quaternary nitrogens is 2. The lowest BCUT2D eigenvalue weighted by Gasteiger charge is -2.25. The summed E-state index contributed by atoms with van der Waals surface area (Å²) in [6.45, 7) is 9.50. The van der Waals surface area contributed by atoms with E-state index >= 15 is 0 Å². The lowest BCUT2D eigenvalue weighted by Crippen LogP contribution is -3.26. The standard InChI is InChI=1S/C12H22N2O/c1-4-12(2,15)6-5-7-14-10-8-13(3)9-11-14/h15H,4,7-11H2,1-3H3/p+2/t12-/m0/s1. The van der Waals surface area contributed by atoms with Crippen LogP contribution < -0.4 is 9.80 Å². The van der Waals surface area contributed by atoms with Crippen molar-refractivity contribution in [3.8, 4) is 11.8 Å². The molecule has 1 aliphatic heterocycles. The van der Waals surface area contributed by atoms with Crippen molar-refractivity contribution < 1.29 is 14.9 Å². The minimum absolute atomic E-state index is 0.697. The third kappa shape index (κ3) is 4.65. The predicted molar refractivity (Wildman–Crippen MR) is 60.9 cm³/mol. The lowest BCUT2D eigenvalue weighted by atomic mass is 10.1. The average molecular weight is 212 g/mol. The molecule has 0 unspecified atom stereocenters. The summed E-state index contributed by atoms with van der Waals surface area (Å²) < 4.78 is 0. The largest absolute Gasteiger partial charge is 0.378 e. The quantitative estimate of drug-likeness (QED) is 0.436. The van der Waals surface area contributed by atoms with Crippen LogP contribution in [0.5, 0.6) is 0 Å². The summed E-state index contributed by atoms with van der Waals surface area (Å²) in [6, 6.07) is 0. The summed E-state index contributed by atoms with van der Waals surface area (Å²) in [5.41, 5.74) is -0.794. The van der Waals surface area contributed by atoms with Gasteiger partial charge >= 0.3 is 0 Å². The van der Waals surface area contributed by atoms with Crippen LogP contribution in [0, 0.1) is 11.8 Å². The predicted octanol–water partition coefficient (Wildman–Crippen LogP) is -2.44. The van der Waals surface area contributed by atoms with Crippen molar-refractivity contribution in [2.75, 3.05) is 39.8 Å². The number of likely N-dealkylation sites (N-methyl/N-ethyl adjacent to an activating group) is 1. The normalized spacial score (nSPS) is 30.1. The van der Waals surface area contributed by atoms with Gasteiger partial charge in [-0.05, 0) is 19.3 Å². The summed E-state index contributed by atoms with van der Waals surface area (Å²) in [5.74, 6) is 6.06. The summed E-state index contributed by atoms with van der Waals surface area (Å²) in [6.07, 6.45) is 0.697. The second-order valence-electron chi connectivity index (χ2n) is 4.81. The van der Waals surface area contributed by atoms with Gasteiger partial charge in [-0.3, -0.25) is 0 Å². The Morgan fingerprint density at radius 1 is 1.27 bits per heavy atom. The Labute approximate surface area is 93.1 Å². The van der Waals surface area contributed by atoms with Crippen molar-refractivity contribution in [2.45, 2.75) is 25.9 Å². The minimum Gasteiger partial charge on any atom is -0.378 e. The molecular formula is C12H24N2O+2. The molecule has 0 spiro atoms. The highest BCUT2D eigenvalue weighted by Gasteiger charge is 2.19. The van der Waals surface area contributed by atoms with Gasteiger partial charge in [0.25, 0.3) is 0 Å². The van der Waals surface area contributed by atoms with Crippen molar-refractivity contribution >= 4 is 0 Å². The van der Waals surface area contributed by atoms with E-state index in [1.807, 2.05) is 6.92 Å². The van der Waals surface area contributed by atoms with Gasteiger partial charge in [-0.15, -0.1) is 0 Å². The second kappa shape index (κ2) is 5.50. The molecule has 1 aliphatic rings. The van der Waals surface area contributed by atoms with E-state index in [-0.39, 0.29) is 0 Å². The molecule has 0 aliphatic carbocycles. The van der Waals surface area contributed by atoms with Crippen LogP contribution in [-0.4, -0.2) is 50.5 Å². The zero-order valence-corrected chi connectivity index (χ0v) is 10.2. The molecule has 1 fully saturated rings. The van der Waals surface area contributed by atoms with Gasteiger partial charge in [0.05, 0.1) is 7.05 Å². The second-order valence-corrected chi connectivity index (χ2v) is 4.81. The first-order valence-electron chi connectivity index (χ1n) is 5.91. The SMILES string of the molecule is CC[C@](C)(O)C#CC[NH+]1CC[NH+](C)CC1. The Balaban J connectivity index is 2.31. The maximum Gasteiger partial charge on any atom is 0.139 e. The van der Waals surface area contributed by atoms with Gasteiger partial charge in [0.1, 0.15) is 38.3 Å². The van der Waals surface area contributed by atoms with Gasteiger partial charge in [-0.1, -0.05) is 12.8 Å². The zero-order valence-electron chi connectivity index (χ0n) is 10.2. The molecule has 0 amide bonds. The molecule has 1 atom stereocenters. The van der Waals surface area contributed by atoms with Crippen molar-refractivity contribution in [3.63, 3.8) is 0 Å². The van der Waals surface area contributed by atoms with E-state index in [9.17, 15) is 5.11 Å². The molecule has 0 radical (unpaired) electrons. The molecule has 0 aromatic rings. The molecule has 3 heteroatoms. The third-order valence-electron chi connectivity index (χ3n) is 3.20. The smallest absolute Gasteiger partial charge is 0.139 e. The lowest BCUT2D eigenvalue weighted by molar-refractivity contribution is -1.000. The highest BCUT2D eigenvalue weighted by atomic mass is 16.3. The van der Waals surface area contributed by atoms with Crippen LogP contribution in [0.3, 0.4) is 0 Å². The van der Waals surface area contributed by atoms with Crippen molar-refractivity contribution in [1.82, 2.24) is 0 Å². The maximum atomic E-state index is 9.71. The highest BCUT2D eigenvalue weighted by Crippen LogP contribution is 2.04. The fourth-order valence-corrected chi connectivity index (χ4v) is 1.66. The summed E-state index contributed by atoms with van der Waals surface area (Å²) in [5, 5.41) is 9.71. The highest BCUT2D eigenvalue weighted by molar-refractivity contribution is 5.11. The molecule has 86 valence electrons. The van der Waals surface area contributed by atoms with Gasteiger partial charge in [0, 0.05) is 0 Å². The molecule has 1 heterocycles. The Morgan fingerprint density at radius 2 is 1.87 bits per heavy atom. The molecule has 0 saturated carbocycles. The monoisotopic (exact) mass is 212 g/mol. The summed E-state index contributed by atoms with van der Waals surface area (Å²) in [7, 11) is 2.24. The summed E-state index contributed by atoms with van der Waals surface area (Å²) in [4.78, 5) is 3.17. The number of nitrogens with one attached hydrogen (secondary N) is 2. The Bertz CT molecular complexity index is 244. The first kappa shape index (κ1) is 12.5. The van der Waals surface area contributed by atoms with E-state index in [0.717, 1.165) is 6.54 Å². The number of hydrogen-bond acceptors (Lipinski definition) is 1. The van der Waals surface area contributed by atoms with Gasteiger partial charge in [-0.25, -0.2) is 0 Å². The van der Waals surface area contributed by atoms with Crippen molar-refractivity contribution in [1.29, 1.82) is 0 Å². The van der Waals surface area contributed by atoms with Crippen LogP contribution >= 0.6 is 0 Å². The van der Waals surface area contributed by atoms with Crippen LogP contribution in [-0.2, 0) is 0 Å². The van der Waals surface area contributed by atoms with Crippen LogP contribution in [0.1, 0.15) is 20.3 Å². The molecule has 15 heavy (non-hydrogen) atoms. The van der Waals surface area contributed by atoms with E-state index in [1.165, 1.54) is 26.2 Å². The molecule has 1 rings (SSSR count). The Hall–Kier alpha value is -0.560. The number of rotatable bonds is 2. The molecule has 3 N–H and O–H groups in total. The average Bonchev–Trinajstić information content (AvgIpc) is 2.21. The molecule has 0 bridgehead atoms. The van der Waals surface area contributed by atoms with E-state index in [4.69, 9.17) is 0 Å². The third-order valence-corrected chi connectivity index (χ3v) is 3.20. The zero-order chi connectivity index (χ0) is 11.3. The van der Waals surface area contributed by atoms with E-state index in [1.54, 1.807) is 16.7 Å². The Morgan fingerprint density at radius 3 is 2.40 bits per heavy atom. The van der Waals surface area contributed by atoms with E-state index < -0.39 is 5.60 Å². The van der Waals surface area contributed by atoms with Crippen LogP contribution in [0.4, 0.5) is 0 Å².